The maximum Gasteiger partial charge on any atom is 0.187 e. The normalized spacial score (nSPS) is 10.8. The van der Waals surface area contributed by atoms with Gasteiger partial charge in [-0.05, 0) is 42.7 Å². The molecule has 3 rings (SSSR count). The Labute approximate surface area is 123 Å². The molecule has 0 aliphatic heterocycles. The predicted molar refractivity (Wildman–Crippen MR) is 83.5 cm³/mol. The third-order valence-corrected chi connectivity index (χ3v) is 3.67. The van der Waals surface area contributed by atoms with Gasteiger partial charge in [0.05, 0.1) is 17.2 Å². The van der Waals surface area contributed by atoms with Crippen molar-refractivity contribution in [2.45, 2.75) is 20.3 Å². The van der Waals surface area contributed by atoms with Crippen molar-refractivity contribution in [3.8, 4) is 0 Å². The van der Waals surface area contributed by atoms with Gasteiger partial charge in [-0.3, -0.25) is 9.78 Å². The van der Waals surface area contributed by atoms with Crippen LogP contribution < -0.4 is 0 Å². The Morgan fingerprint density at radius 1 is 1.00 bits per heavy atom. The molecule has 21 heavy (non-hydrogen) atoms. The topological polar surface area (TPSA) is 42.9 Å². The summed E-state index contributed by atoms with van der Waals surface area (Å²) in [5, 5.41) is 0. The first-order valence-corrected chi connectivity index (χ1v) is 6.94. The number of rotatable bonds is 3. The zero-order valence-electron chi connectivity index (χ0n) is 12.1. The zero-order chi connectivity index (χ0) is 14.8. The van der Waals surface area contributed by atoms with Crippen LogP contribution in [-0.2, 0) is 6.42 Å². The van der Waals surface area contributed by atoms with E-state index in [1.165, 1.54) is 11.1 Å². The van der Waals surface area contributed by atoms with Crippen molar-refractivity contribution in [1.82, 2.24) is 9.97 Å². The van der Waals surface area contributed by atoms with E-state index in [-0.39, 0.29) is 5.78 Å². The van der Waals surface area contributed by atoms with Crippen LogP contribution in [0, 0.1) is 13.8 Å². The smallest absolute Gasteiger partial charge is 0.187 e. The second kappa shape index (κ2) is 5.44. The maximum absolute atomic E-state index is 12.4. The molecule has 0 aliphatic carbocycles. The number of benzene rings is 2. The summed E-state index contributed by atoms with van der Waals surface area (Å²) in [6.45, 7) is 4.12. The number of hydrogen-bond acceptors (Lipinski definition) is 3. The number of para-hydroxylation sites is 2. The van der Waals surface area contributed by atoms with Gasteiger partial charge in [0.15, 0.2) is 5.78 Å². The van der Waals surface area contributed by atoms with Crippen LogP contribution >= 0.6 is 0 Å². The lowest BCUT2D eigenvalue weighted by Crippen LogP contribution is -2.07. The van der Waals surface area contributed by atoms with Crippen molar-refractivity contribution in [1.29, 1.82) is 0 Å². The molecule has 104 valence electrons. The van der Waals surface area contributed by atoms with Crippen LogP contribution in [0.15, 0.2) is 48.7 Å². The van der Waals surface area contributed by atoms with E-state index in [1.54, 1.807) is 6.20 Å². The Morgan fingerprint density at radius 3 is 2.52 bits per heavy atom. The van der Waals surface area contributed by atoms with Gasteiger partial charge >= 0.3 is 0 Å². The molecule has 0 radical (unpaired) electrons. The van der Waals surface area contributed by atoms with Gasteiger partial charge in [0.25, 0.3) is 0 Å². The number of nitrogens with zero attached hydrogens (tertiary/aromatic N) is 2. The fourth-order valence-electron chi connectivity index (χ4n) is 2.28. The third kappa shape index (κ3) is 2.82. The van der Waals surface area contributed by atoms with Gasteiger partial charge in [-0.1, -0.05) is 30.3 Å². The molecule has 0 atom stereocenters. The van der Waals surface area contributed by atoms with E-state index in [0.29, 0.717) is 12.1 Å². The first-order chi connectivity index (χ1) is 10.1. The van der Waals surface area contributed by atoms with E-state index in [0.717, 1.165) is 16.6 Å². The summed E-state index contributed by atoms with van der Waals surface area (Å²) in [6.07, 6.45) is 1.92. The molecule has 0 spiro atoms. The molecular formula is C18H16N2O. The van der Waals surface area contributed by atoms with Crippen molar-refractivity contribution >= 4 is 16.8 Å². The van der Waals surface area contributed by atoms with Gasteiger partial charge in [-0.15, -0.1) is 0 Å². The number of aromatic nitrogens is 2. The molecule has 0 fully saturated rings. The lowest BCUT2D eigenvalue weighted by atomic mass is 10.0. The summed E-state index contributed by atoms with van der Waals surface area (Å²) in [7, 11) is 0. The summed E-state index contributed by atoms with van der Waals surface area (Å²) in [5.74, 6) is -0.00324. The van der Waals surface area contributed by atoms with E-state index in [4.69, 9.17) is 0 Å². The number of fused-ring (bicyclic) bond motifs is 1. The standard InChI is InChI=1S/C18H16N2O/c1-12-7-8-14(9-13(12)2)10-18(21)17-11-19-15-5-3-4-6-16(15)20-17/h3-9,11H,10H2,1-2H3. The second-order valence-electron chi connectivity index (χ2n) is 5.26. The fourth-order valence-corrected chi connectivity index (χ4v) is 2.28. The number of carbonyl (C=O) groups is 1. The van der Waals surface area contributed by atoms with Crippen molar-refractivity contribution < 1.29 is 4.79 Å². The lowest BCUT2D eigenvalue weighted by molar-refractivity contribution is 0.0988. The molecule has 0 amide bonds. The van der Waals surface area contributed by atoms with E-state index >= 15 is 0 Å². The molecule has 3 heteroatoms. The highest BCUT2D eigenvalue weighted by atomic mass is 16.1. The molecule has 1 heterocycles. The highest BCUT2D eigenvalue weighted by Crippen LogP contribution is 2.13. The van der Waals surface area contributed by atoms with Crippen molar-refractivity contribution in [2.75, 3.05) is 0 Å². The van der Waals surface area contributed by atoms with Gasteiger partial charge in [-0.2, -0.15) is 0 Å². The van der Waals surface area contributed by atoms with Gasteiger partial charge in [-0.25, -0.2) is 4.98 Å². The van der Waals surface area contributed by atoms with Crippen molar-refractivity contribution in [3.05, 3.63) is 71.0 Å². The Kier molecular flexibility index (Phi) is 3.48. The van der Waals surface area contributed by atoms with Crippen molar-refractivity contribution in [3.63, 3.8) is 0 Å². The maximum atomic E-state index is 12.4. The lowest BCUT2D eigenvalue weighted by Gasteiger charge is -2.05. The minimum absolute atomic E-state index is 0.00324. The Hall–Kier alpha value is -2.55. The van der Waals surface area contributed by atoms with E-state index < -0.39 is 0 Å². The zero-order valence-corrected chi connectivity index (χ0v) is 12.1. The Morgan fingerprint density at radius 2 is 1.76 bits per heavy atom. The predicted octanol–water partition coefficient (Wildman–Crippen LogP) is 3.67. The molecule has 0 aliphatic rings. The van der Waals surface area contributed by atoms with Crippen LogP contribution in [0.4, 0.5) is 0 Å². The molecule has 0 N–H and O–H groups in total. The summed E-state index contributed by atoms with van der Waals surface area (Å²) < 4.78 is 0. The monoisotopic (exact) mass is 276 g/mol. The van der Waals surface area contributed by atoms with E-state index in [9.17, 15) is 4.79 Å². The third-order valence-electron chi connectivity index (χ3n) is 3.67. The largest absolute Gasteiger partial charge is 0.292 e. The molecule has 3 nitrogen and oxygen atoms in total. The number of Topliss-reactive ketones (excluding diaryl/α,β-unsaturated/α-hetero) is 1. The number of ketones is 1. The van der Waals surface area contributed by atoms with Crippen LogP contribution in [0.2, 0.25) is 0 Å². The van der Waals surface area contributed by atoms with Gasteiger partial charge < -0.3 is 0 Å². The molecule has 0 saturated heterocycles. The summed E-state index contributed by atoms with van der Waals surface area (Å²) in [4.78, 5) is 21.0. The first-order valence-electron chi connectivity index (χ1n) is 6.94. The van der Waals surface area contributed by atoms with Gasteiger partial charge in [0.2, 0.25) is 0 Å². The number of carbonyl (C=O) groups excluding carboxylic acids is 1. The summed E-state index contributed by atoms with van der Waals surface area (Å²) >= 11 is 0. The van der Waals surface area contributed by atoms with Gasteiger partial charge in [0, 0.05) is 6.42 Å². The molecule has 0 unspecified atom stereocenters. The van der Waals surface area contributed by atoms with Crippen LogP contribution in [0.5, 0.6) is 0 Å². The SMILES string of the molecule is Cc1ccc(CC(=O)c2cnc3ccccc3n2)cc1C. The first kappa shape index (κ1) is 13.4. The summed E-state index contributed by atoms with van der Waals surface area (Å²) in [6, 6.07) is 13.7. The Balaban J connectivity index is 1.87. The molecule has 0 bridgehead atoms. The summed E-state index contributed by atoms with van der Waals surface area (Å²) in [5.41, 5.74) is 5.43. The minimum Gasteiger partial charge on any atom is -0.292 e. The molecule has 1 aromatic heterocycles. The quantitative estimate of drug-likeness (QED) is 0.685. The van der Waals surface area contributed by atoms with Crippen LogP contribution in [0.25, 0.3) is 11.0 Å². The van der Waals surface area contributed by atoms with E-state index in [2.05, 4.69) is 29.9 Å². The van der Waals surface area contributed by atoms with Crippen LogP contribution in [0.1, 0.15) is 27.2 Å². The molecule has 0 saturated carbocycles. The Bertz CT molecular complexity index is 824. The average Bonchev–Trinajstić information content (AvgIpc) is 2.50. The second-order valence-corrected chi connectivity index (χ2v) is 5.26. The number of hydrogen-bond donors (Lipinski definition) is 0. The highest BCUT2D eigenvalue weighted by molar-refractivity contribution is 5.96. The minimum atomic E-state index is -0.00324. The van der Waals surface area contributed by atoms with Crippen LogP contribution in [0.3, 0.4) is 0 Å². The average molecular weight is 276 g/mol. The van der Waals surface area contributed by atoms with Crippen LogP contribution in [-0.4, -0.2) is 15.8 Å². The van der Waals surface area contributed by atoms with E-state index in [1.807, 2.05) is 36.4 Å². The highest BCUT2D eigenvalue weighted by Gasteiger charge is 2.10. The number of aryl methyl sites for hydroxylation is 2. The fraction of sp³-hybridized carbons (Fsp3) is 0.167. The molecule has 3 aromatic rings. The van der Waals surface area contributed by atoms with Gasteiger partial charge in [0.1, 0.15) is 5.69 Å². The molecular weight excluding hydrogens is 260 g/mol. The van der Waals surface area contributed by atoms with Crippen molar-refractivity contribution in [2.24, 2.45) is 0 Å². The molecule has 2 aromatic carbocycles.